The molecule has 0 atom stereocenters. The lowest BCUT2D eigenvalue weighted by Crippen LogP contribution is -2.43. The van der Waals surface area contributed by atoms with Crippen LogP contribution in [0.5, 0.6) is 0 Å². The van der Waals surface area contributed by atoms with Crippen LogP contribution in [0.2, 0.25) is 0 Å². The van der Waals surface area contributed by atoms with Crippen molar-refractivity contribution in [1.82, 2.24) is 15.3 Å². The fourth-order valence-electron chi connectivity index (χ4n) is 4.21. The zero-order valence-corrected chi connectivity index (χ0v) is 20.5. The maximum absolute atomic E-state index is 14.8. The van der Waals surface area contributed by atoms with Crippen molar-refractivity contribution in [3.8, 4) is 11.3 Å². The quantitative estimate of drug-likeness (QED) is 0.305. The van der Waals surface area contributed by atoms with E-state index in [4.69, 9.17) is 16.5 Å². The Morgan fingerprint density at radius 1 is 1.16 bits per heavy atom. The molecule has 9 nitrogen and oxygen atoms in total. The summed E-state index contributed by atoms with van der Waals surface area (Å²) in [6, 6.07) is 7.78. The summed E-state index contributed by atoms with van der Waals surface area (Å²) in [5, 5.41) is 5.75. The average molecular weight is 510 g/mol. The van der Waals surface area contributed by atoms with Crippen LogP contribution in [0.1, 0.15) is 47.7 Å². The van der Waals surface area contributed by atoms with Gasteiger partial charge in [-0.1, -0.05) is 25.5 Å². The molecular formula is C26H29F2N7O2. The number of para-hydroxylation sites is 1. The molecule has 11 heteroatoms. The average Bonchev–Trinajstić information content (AvgIpc) is 2.88. The number of nitrogens with zero attached hydrogens (tertiary/aromatic N) is 3. The Morgan fingerprint density at radius 2 is 1.92 bits per heavy atom. The van der Waals surface area contributed by atoms with E-state index < -0.39 is 29.3 Å². The van der Waals surface area contributed by atoms with Crippen LogP contribution >= 0.6 is 0 Å². The summed E-state index contributed by atoms with van der Waals surface area (Å²) in [7, 11) is 0. The van der Waals surface area contributed by atoms with Gasteiger partial charge in [-0.15, -0.1) is 0 Å². The molecular weight excluding hydrogens is 480 g/mol. The van der Waals surface area contributed by atoms with Crippen molar-refractivity contribution in [2.75, 3.05) is 23.3 Å². The number of rotatable bonds is 10. The Balaban J connectivity index is 1.98. The topological polar surface area (TPSA) is 139 Å². The summed E-state index contributed by atoms with van der Waals surface area (Å²) in [4.78, 5) is 35.1. The maximum Gasteiger partial charge on any atom is 0.328 e. The third-order valence-corrected chi connectivity index (χ3v) is 6.09. The highest BCUT2D eigenvalue weighted by Crippen LogP contribution is 2.39. The predicted molar refractivity (Wildman–Crippen MR) is 137 cm³/mol. The van der Waals surface area contributed by atoms with Crippen molar-refractivity contribution in [1.29, 1.82) is 0 Å². The Kier molecular flexibility index (Phi) is 7.92. The second-order valence-electron chi connectivity index (χ2n) is 8.67. The lowest BCUT2D eigenvalue weighted by atomic mass is 9.94. The Bertz CT molecular complexity index is 1310. The maximum atomic E-state index is 14.8. The summed E-state index contributed by atoms with van der Waals surface area (Å²) in [6.07, 6.45) is 3.17. The number of hydrogen-bond acceptors (Lipinski definition) is 6. The first-order valence-corrected chi connectivity index (χ1v) is 12.2. The molecule has 194 valence electrons. The van der Waals surface area contributed by atoms with E-state index in [1.165, 1.54) is 6.07 Å². The fourth-order valence-corrected chi connectivity index (χ4v) is 4.21. The number of halogens is 2. The monoisotopic (exact) mass is 509 g/mol. The highest BCUT2D eigenvalue weighted by Gasteiger charge is 2.34. The van der Waals surface area contributed by atoms with Crippen LogP contribution in [0.25, 0.3) is 11.3 Å². The molecule has 3 aromatic rings. The Labute approximate surface area is 213 Å². The van der Waals surface area contributed by atoms with E-state index in [1.54, 1.807) is 12.1 Å². The summed E-state index contributed by atoms with van der Waals surface area (Å²) < 4.78 is 29.7. The molecule has 3 amide bonds. The smallest absolute Gasteiger partial charge is 0.328 e. The van der Waals surface area contributed by atoms with Crippen LogP contribution in [0, 0.1) is 11.6 Å². The van der Waals surface area contributed by atoms with Gasteiger partial charge in [-0.3, -0.25) is 4.79 Å². The number of nitrogens with two attached hydrogens (primary N) is 2. The molecule has 1 aliphatic rings. The molecule has 1 aliphatic heterocycles. The third-order valence-electron chi connectivity index (χ3n) is 6.09. The van der Waals surface area contributed by atoms with Crippen LogP contribution in [-0.4, -0.2) is 35.0 Å². The SMILES string of the molecule is CCCCc1ccc(C(N)=O)cc1-c1nc(NCCCN)nc2c1CNC(=O)N2c1c(F)cccc1F. The number of hydrogen-bond donors (Lipinski definition) is 4. The number of unbranched alkanes of at least 4 members (excludes halogenated alkanes) is 1. The summed E-state index contributed by atoms with van der Waals surface area (Å²) in [5.74, 6) is -2.24. The molecule has 0 radical (unpaired) electrons. The minimum absolute atomic E-state index is 0.0210. The molecule has 0 saturated carbocycles. The lowest BCUT2D eigenvalue weighted by Gasteiger charge is -2.31. The molecule has 1 aromatic heterocycles. The van der Waals surface area contributed by atoms with E-state index in [-0.39, 0.29) is 23.9 Å². The number of primary amides is 1. The van der Waals surface area contributed by atoms with E-state index >= 15 is 0 Å². The van der Waals surface area contributed by atoms with Gasteiger partial charge in [-0.2, -0.15) is 4.98 Å². The van der Waals surface area contributed by atoms with E-state index in [0.717, 1.165) is 35.4 Å². The largest absolute Gasteiger partial charge is 0.366 e. The zero-order valence-electron chi connectivity index (χ0n) is 20.5. The fraction of sp³-hybridized carbons (Fsp3) is 0.308. The first kappa shape index (κ1) is 26.0. The minimum atomic E-state index is -0.917. The number of benzene rings is 2. The van der Waals surface area contributed by atoms with Crippen molar-refractivity contribution in [3.05, 3.63) is 64.7 Å². The van der Waals surface area contributed by atoms with E-state index in [0.29, 0.717) is 42.8 Å². The van der Waals surface area contributed by atoms with Crippen LogP contribution in [0.4, 0.5) is 31.0 Å². The van der Waals surface area contributed by atoms with Crippen molar-refractivity contribution in [2.24, 2.45) is 11.5 Å². The number of anilines is 3. The predicted octanol–water partition coefficient (Wildman–Crippen LogP) is 3.99. The third kappa shape index (κ3) is 5.36. The number of amides is 3. The van der Waals surface area contributed by atoms with Gasteiger partial charge in [0.05, 0.1) is 12.2 Å². The normalized spacial score (nSPS) is 12.8. The number of urea groups is 1. The van der Waals surface area contributed by atoms with Gasteiger partial charge in [0.1, 0.15) is 17.3 Å². The Morgan fingerprint density at radius 3 is 2.59 bits per heavy atom. The molecule has 0 bridgehead atoms. The van der Waals surface area contributed by atoms with Gasteiger partial charge < -0.3 is 22.1 Å². The first-order chi connectivity index (χ1) is 17.8. The zero-order chi connectivity index (χ0) is 26.5. The number of nitrogens with one attached hydrogen (secondary N) is 2. The van der Waals surface area contributed by atoms with Crippen LogP contribution < -0.4 is 27.0 Å². The van der Waals surface area contributed by atoms with Gasteiger partial charge in [0.2, 0.25) is 11.9 Å². The van der Waals surface area contributed by atoms with Crippen molar-refractivity contribution >= 4 is 29.4 Å². The lowest BCUT2D eigenvalue weighted by molar-refractivity contribution is 0.1000. The highest BCUT2D eigenvalue weighted by molar-refractivity contribution is 6.02. The first-order valence-electron chi connectivity index (χ1n) is 12.2. The number of aryl methyl sites for hydroxylation is 1. The van der Waals surface area contributed by atoms with Gasteiger partial charge in [-0.25, -0.2) is 23.5 Å². The number of aromatic nitrogens is 2. The van der Waals surface area contributed by atoms with Crippen LogP contribution in [0.3, 0.4) is 0 Å². The highest BCUT2D eigenvalue weighted by atomic mass is 19.1. The van der Waals surface area contributed by atoms with Crippen molar-refractivity contribution < 1.29 is 18.4 Å². The second kappa shape index (κ2) is 11.3. The molecule has 0 fully saturated rings. The summed E-state index contributed by atoms with van der Waals surface area (Å²) >= 11 is 0. The van der Waals surface area contributed by atoms with Gasteiger partial charge >= 0.3 is 6.03 Å². The molecule has 0 aliphatic carbocycles. The van der Waals surface area contributed by atoms with Crippen LogP contribution in [0.15, 0.2) is 36.4 Å². The minimum Gasteiger partial charge on any atom is -0.366 e. The second-order valence-corrected chi connectivity index (χ2v) is 8.67. The van der Waals surface area contributed by atoms with Gasteiger partial charge in [-0.05, 0) is 55.6 Å². The van der Waals surface area contributed by atoms with Gasteiger partial charge in [0, 0.05) is 23.2 Å². The molecule has 6 N–H and O–H groups in total. The summed E-state index contributed by atoms with van der Waals surface area (Å²) in [5.41, 5.74) is 13.4. The standard InChI is InChI=1S/C26H29F2N7O2/c1-2-3-6-15-9-10-16(23(30)36)13-17(15)21-18-14-32-26(37)35(22-19(27)7-4-8-20(22)28)24(18)34-25(33-21)31-12-5-11-29/h4,7-10,13H,2-3,5-6,11-12,14,29H2,1H3,(H2,30,36)(H,32,37)(H,31,33,34). The molecule has 2 heterocycles. The molecule has 0 spiro atoms. The van der Waals surface area contributed by atoms with Crippen molar-refractivity contribution in [3.63, 3.8) is 0 Å². The number of carbonyl (C=O) groups is 2. The number of carbonyl (C=O) groups excluding carboxylic acids is 2. The molecule has 2 aromatic carbocycles. The Hall–Kier alpha value is -4.12. The molecule has 4 rings (SSSR count). The van der Waals surface area contributed by atoms with Gasteiger partial charge in [0.25, 0.3) is 0 Å². The molecule has 0 saturated heterocycles. The van der Waals surface area contributed by atoms with E-state index in [2.05, 4.69) is 22.5 Å². The van der Waals surface area contributed by atoms with E-state index in [9.17, 15) is 18.4 Å². The number of fused-ring (bicyclic) bond motifs is 1. The molecule has 37 heavy (non-hydrogen) atoms. The van der Waals surface area contributed by atoms with Crippen LogP contribution in [-0.2, 0) is 13.0 Å². The van der Waals surface area contributed by atoms with Crippen molar-refractivity contribution in [2.45, 2.75) is 39.2 Å². The van der Waals surface area contributed by atoms with Gasteiger partial charge in [0.15, 0.2) is 5.82 Å². The summed E-state index contributed by atoms with van der Waals surface area (Å²) in [6.45, 7) is 2.97. The molecule has 0 unspecified atom stereocenters. The van der Waals surface area contributed by atoms with E-state index in [1.807, 2.05) is 6.07 Å².